The molecule has 4 rings (SSSR count). The minimum Gasteiger partial charge on any atom is -0.507 e. The van der Waals surface area contributed by atoms with E-state index in [1.54, 1.807) is 30.3 Å². The summed E-state index contributed by atoms with van der Waals surface area (Å²) >= 11 is 0. The zero-order chi connectivity index (χ0) is 23.0. The second-order valence-electron chi connectivity index (χ2n) is 7.63. The van der Waals surface area contributed by atoms with Crippen LogP contribution >= 0.6 is 0 Å². The molecule has 0 saturated carbocycles. The third kappa shape index (κ3) is 3.98. The fourth-order valence-electron chi connectivity index (χ4n) is 3.88. The summed E-state index contributed by atoms with van der Waals surface area (Å²) in [7, 11) is 1.41. The van der Waals surface area contributed by atoms with E-state index in [0.29, 0.717) is 17.5 Å². The minimum absolute atomic E-state index is 0.132. The summed E-state index contributed by atoms with van der Waals surface area (Å²) in [5.74, 6) is -0.383. The standard InChI is InChI=1S/C22H24O10/c1-29-13-6-5-10(14-8-11-3-2-4-12(24)17(11)21(28)30-14)7-15(13)31-22-20(27)19(26)18(25)16(9-23)32-22/h2-7,14,16,18-20,22-27H,8-9H2,1H3. The lowest BCUT2D eigenvalue weighted by atomic mass is 9.94. The second-order valence-corrected chi connectivity index (χ2v) is 7.63. The number of phenols is 1. The Hall–Kier alpha value is -2.89. The molecule has 172 valence electrons. The lowest BCUT2D eigenvalue weighted by Gasteiger charge is -2.39. The van der Waals surface area contributed by atoms with Gasteiger partial charge in [0.15, 0.2) is 11.5 Å². The number of carbonyl (C=O) groups is 1. The molecule has 0 aliphatic carbocycles. The number of hydrogen-bond donors (Lipinski definition) is 5. The smallest absolute Gasteiger partial charge is 0.342 e. The first-order valence-corrected chi connectivity index (χ1v) is 10.0. The molecule has 0 radical (unpaired) electrons. The Balaban J connectivity index is 1.60. The quantitative estimate of drug-likeness (QED) is 0.396. The van der Waals surface area contributed by atoms with Crippen molar-refractivity contribution in [2.45, 2.75) is 43.2 Å². The number of aliphatic hydroxyl groups is 4. The van der Waals surface area contributed by atoms with Gasteiger partial charge in [0.25, 0.3) is 0 Å². The molecule has 0 bridgehead atoms. The van der Waals surface area contributed by atoms with Gasteiger partial charge in [0.05, 0.1) is 13.7 Å². The highest BCUT2D eigenvalue weighted by molar-refractivity contribution is 5.95. The monoisotopic (exact) mass is 448 g/mol. The van der Waals surface area contributed by atoms with Gasteiger partial charge < -0.3 is 44.5 Å². The zero-order valence-corrected chi connectivity index (χ0v) is 17.1. The van der Waals surface area contributed by atoms with E-state index in [9.17, 15) is 30.3 Å². The molecule has 2 aromatic rings. The van der Waals surface area contributed by atoms with Crippen LogP contribution in [0.4, 0.5) is 0 Å². The second kappa shape index (κ2) is 8.93. The Bertz CT molecular complexity index is 991. The third-order valence-electron chi connectivity index (χ3n) is 5.64. The molecule has 0 spiro atoms. The van der Waals surface area contributed by atoms with E-state index in [4.69, 9.17) is 18.9 Å². The van der Waals surface area contributed by atoms with Crippen molar-refractivity contribution in [1.82, 2.24) is 0 Å². The van der Waals surface area contributed by atoms with Gasteiger partial charge in [-0.25, -0.2) is 4.79 Å². The molecule has 1 saturated heterocycles. The van der Waals surface area contributed by atoms with E-state index in [0.717, 1.165) is 0 Å². The van der Waals surface area contributed by atoms with Crippen molar-refractivity contribution >= 4 is 5.97 Å². The number of fused-ring (bicyclic) bond motifs is 1. The summed E-state index contributed by atoms with van der Waals surface area (Å²) in [5.41, 5.74) is 1.33. The van der Waals surface area contributed by atoms with Gasteiger partial charge in [-0.2, -0.15) is 0 Å². The lowest BCUT2D eigenvalue weighted by Crippen LogP contribution is -2.60. The molecule has 5 N–H and O–H groups in total. The first-order valence-electron chi connectivity index (χ1n) is 10.0. The van der Waals surface area contributed by atoms with Crippen molar-refractivity contribution < 1.29 is 49.3 Å². The molecule has 0 amide bonds. The van der Waals surface area contributed by atoms with Gasteiger partial charge in [0.2, 0.25) is 6.29 Å². The molecule has 10 nitrogen and oxygen atoms in total. The van der Waals surface area contributed by atoms with Gasteiger partial charge in [-0.3, -0.25) is 0 Å². The minimum atomic E-state index is -1.59. The predicted molar refractivity (Wildman–Crippen MR) is 107 cm³/mol. The summed E-state index contributed by atoms with van der Waals surface area (Å²) in [6, 6.07) is 9.61. The van der Waals surface area contributed by atoms with Crippen molar-refractivity contribution in [3.63, 3.8) is 0 Å². The summed E-state index contributed by atoms with van der Waals surface area (Å²) in [6.45, 7) is -0.591. The summed E-state index contributed by atoms with van der Waals surface area (Å²) in [4.78, 5) is 12.4. The van der Waals surface area contributed by atoms with E-state index in [-0.39, 0.29) is 22.8 Å². The Morgan fingerprint density at radius 1 is 1.06 bits per heavy atom. The summed E-state index contributed by atoms with van der Waals surface area (Å²) in [6.07, 6.45) is -7.58. The highest BCUT2D eigenvalue weighted by atomic mass is 16.7. The van der Waals surface area contributed by atoms with Crippen molar-refractivity contribution in [3.8, 4) is 17.2 Å². The number of esters is 1. The summed E-state index contributed by atoms with van der Waals surface area (Å²) < 4.78 is 21.9. The van der Waals surface area contributed by atoms with E-state index in [2.05, 4.69) is 0 Å². The van der Waals surface area contributed by atoms with Crippen LogP contribution in [-0.4, -0.2) is 75.9 Å². The fraction of sp³-hybridized carbons (Fsp3) is 0.409. The number of aliphatic hydroxyl groups excluding tert-OH is 4. The molecule has 1 fully saturated rings. The first kappa shape index (κ1) is 22.3. The SMILES string of the molecule is COc1ccc(C2Cc3cccc(O)c3C(=O)O2)cc1OC1OC(CO)C(O)C(O)C1O. The van der Waals surface area contributed by atoms with Crippen molar-refractivity contribution in [3.05, 3.63) is 53.1 Å². The highest BCUT2D eigenvalue weighted by Gasteiger charge is 2.45. The fourth-order valence-corrected chi connectivity index (χ4v) is 3.88. The third-order valence-corrected chi connectivity index (χ3v) is 5.64. The zero-order valence-electron chi connectivity index (χ0n) is 17.1. The largest absolute Gasteiger partial charge is 0.507 e. The Morgan fingerprint density at radius 2 is 1.84 bits per heavy atom. The molecule has 10 heteroatoms. The van der Waals surface area contributed by atoms with Gasteiger partial charge >= 0.3 is 5.97 Å². The number of cyclic esters (lactones) is 1. The van der Waals surface area contributed by atoms with Gasteiger partial charge in [-0.1, -0.05) is 18.2 Å². The summed E-state index contributed by atoms with van der Waals surface area (Å²) in [5, 5.41) is 49.5. The number of ether oxygens (including phenoxy) is 4. The Kier molecular flexibility index (Phi) is 6.22. The predicted octanol–water partition coefficient (Wildman–Crippen LogP) is 0.0337. The number of rotatable bonds is 5. The van der Waals surface area contributed by atoms with Crippen molar-refractivity contribution in [2.24, 2.45) is 0 Å². The molecule has 32 heavy (non-hydrogen) atoms. The van der Waals surface area contributed by atoms with Gasteiger partial charge in [0, 0.05) is 6.42 Å². The number of methoxy groups -OCH3 is 1. The molecule has 0 aromatic heterocycles. The van der Waals surface area contributed by atoms with Crippen LogP contribution in [0.2, 0.25) is 0 Å². The number of benzene rings is 2. The number of aromatic hydroxyl groups is 1. The number of hydrogen-bond acceptors (Lipinski definition) is 10. The van der Waals surface area contributed by atoms with Crippen LogP contribution in [0.1, 0.15) is 27.6 Å². The maximum Gasteiger partial charge on any atom is 0.342 e. The molecule has 6 atom stereocenters. The van der Waals surface area contributed by atoms with E-state index < -0.39 is 49.4 Å². The molecule has 6 unspecified atom stereocenters. The Labute approximate surface area is 183 Å². The molecule has 2 aromatic carbocycles. The van der Waals surface area contributed by atoms with Crippen LogP contribution in [0, 0.1) is 0 Å². The molecule has 2 aliphatic rings. The van der Waals surface area contributed by atoms with Crippen LogP contribution in [-0.2, 0) is 15.9 Å². The van der Waals surface area contributed by atoms with Crippen molar-refractivity contribution in [2.75, 3.05) is 13.7 Å². The van der Waals surface area contributed by atoms with Gasteiger partial charge in [0.1, 0.15) is 41.8 Å². The maximum absolute atomic E-state index is 12.4. The molecular weight excluding hydrogens is 424 g/mol. The van der Waals surface area contributed by atoms with E-state index in [1.165, 1.54) is 13.2 Å². The first-order chi connectivity index (χ1) is 15.3. The van der Waals surface area contributed by atoms with E-state index in [1.807, 2.05) is 0 Å². The van der Waals surface area contributed by atoms with Crippen LogP contribution in [0.15, 0.2) is 36.4 Å². The molecule has 2 aliphatic heterocycles. The average Bonchev–Trinajstić information content (AvgIpc) is 2.79. The molecular formula is C22H24O10. The van der Waals surface area contributed by atoms with Crippen molar-refractivity contribution in [1.29, 1.82) is 0 Å². The van der Waals surface area contributed by atoms with Crippen LogP contribution in [0.25, 0.3) is 0 Å². The molecule has 2 heterocycles. The highest BCUT2D eigenvalue weighted by Crippen LogP contribution is 2.38. The Morgan fingerprint density at radius 3 is 2.56 bits per heavy atom. The average molecular weight is 448 g/mol. The van der Waals surface area contributed by atoms with Crippen LogP contribution < -0.4 is 9.47 Å². The topological polar surface area (TPSA) is 155 Å². The van der Waals surface area contributed by atoms with Gasteiger partial charge in [-0.15, -0.1) is 0 Å². The van der Waals surface area contributed by atoms with Crippen LogP contribution in [0.3, 0.4) is 0 Å². The van der Waals surface area contributed by atoms with Crippen LogP contribution in [0.5, 0.6) is 17.2 Å². The maximum atomic E-state index is 12.4. The number of phenolic OH excluding ortho intramolecular Hbond substituents is 1. The lowest BCUT2D eigenvalue weighted by molar-refractivity contribution is -0.277. The van der Waals surface area contributed by atoms with Gasteiger partial charge in [-0.05, 0) is 29.3 Å². The normalized spacial score (nSPS) is 29.7. The number of carbonyl (C=O) groups excluding carboxylic acids is 1. The van der Waals surface area contributed by atoms with E-state index >= 15 is 0 Å².